The SMILES string of the molecule is COCCOc1ccc(NC(=O)C(C)NC(=O)c2ccc(Br)s2)cc1. The van der Waals surface area contributed by atoms with E-state index in [0.29, 0.717) is 29.5 Å². The molecule has 0 aliphatic carbocycles. The highest BCUT2D eigenvalue weighted by molar-refractivity contribution is 9.11. The third-order valence-electron chi connectivity index (χ3n) is 3.22. The van der Waals surface area contributed by atoms with Gasteiger partial charge in [-0.2, -0.15) is 0 Å². The van der Waals surface area contributed by atoms with Crippen LogP contribution in [0.5, 0.6) is 5.75 Å². The first-order valence-corrected chi connectivity index (χ1v) is 9.19. The van der Waals surface area contributed by atoms with Gasteiger partial charge in [0, 0.05) is 12.8 Å². The maximum absolute atomic E-state index is 12.2. The fraction of sp³-hybridized carbons (Fsp3) is 0.294. The first-order valence-electron chi connectivity index (χ1n) is 7.58. The Balaban J connectivity index is 1.84. The summed E-state index contributed by atoms with van der Waals surface area (Å²) in [6, 6.07) is 9.84. The van der Waals surface area contributed by atoms with Crippen LogP contribution in [0.15, 0.2) is 40.2 Å². The number of benzene rings is 1. The van der Waals surface area contributed by atoms with Gasteiger partial charge in [0.05, 0.1) is 15.3 Å². The molecule has 1 unspecified atom stereocenters. The van der Waals surface area contributed by atoms with Gasteiger partial charge in [-0.05, 0) is 59.3 Å². The van der Waals surface area contributed by atoms with E-state index in [1.165, 1.54) is 11.3 Å². The minimum absolute atomic E-state index is 0.278. The molecule has 0 spiro atoms. The maximum atomic E-state index is 12.2. The third-order valence-corrected chi connectivity index (χ3v) is 4.84. The molecule has 0 bridgehead atoms. The van der Waals surface area contributed by atoms with Gasteiger partial charge in [0.25, 0.3) is 5.91 Å². The molecule has 0 saturated heterocycles. The van der Waals surface area contributed by atoms with E-state index in [0.717, 1.165) is 3.79 Å². The number of ether oxygens (including phenoxy) is 2. The number of anilines is 1. The summed E-state index contributed by atoms with van der Waals surface area (Å²) in [5.41, 5.74) is 0.629. The van der Waals surface area contributed by atoms with Gasteiger partial charge in [-0.25, -0.2) is 0 Å². The second kappa shape index (κ2) is 9.55. The molecular formula is C17H19BrN2O4S. The van der Waals surface area contributed by atoms with Crippen LogP contribution in [0.3, 0.4) is 0 Å². The molecule has 134 valence electrons. The number of amides is 2. The van der Waals surface area contributed by atoms with Crippen molar-refractivity contribution in [3.05, 3.63) is 45.1 Å². The Labute approximate surface area is 158 Å². The van der Waals surface area contributed by atoms with Crippen molar-refractivity contribution >= 4 is 44.8 Å². The van der Waals surface area contributed by atoms with E-state index >= 15 is 0 Å². The van der Waals surface area contributed by atoms with Crippen LogP contribution >= 0.6 is 27.3 Å². The van der Waals surface area contributed by atoms with Gasteiger partial charge in [-0.3, -0.25) is 9.59 Å². The Kier molecular flexibility index (Phi) is 7.42. The number of nitrogens with one attached hydrogen (secondary N) is 2. The monoisotopic (exact) mass is 426 g/mol. The average molecular weight is 427 g/mol. The third kappa shape index (κ3) is 6.15. The van der Waals surface area contributed by atoms with E-state index in [1.807, 2.05) is 0 Å². The standard InChI is InChI=1S/C17H19BrN2O4S/c1-11(19-17(22)14-7-8-15(18)25-14)16(21)20-12-3-5-13(6-4-12)24-10-9-23-2/h3-8,11H,9-10H2,1-2H3,(H,19,22)(H,20,21). The van der Waals surface area contributed by atoms with Crippen molar-refractivity contribution < 1.29 is 19.1 Å². The van der Waals surface area contributed by atoms with E-state index in [9.17, 15) is 9.59 Å². The molecule has 25 heavy (non-hydrogen) atoms. The number of hydrogen-bond donors (Lipinski definition) is 2. The highest BCUT2D eigenvalue weighted by Crippen LogP contribution is 2.22. The number of rotatable bonds is 8. The predicted molar refractivity (Wildman–Crippen MR) is 101 cm³/mol. The summed E-state index contributed by atoms with van der Waals surface area (Å²) in [4.78, 5) is 24.8. The van der Waals surface area contributed by atoms with Crippen molar-refractivity contribution in [2.75, 3.05) is 25.6 Å². The zero-order valence-corrected chi connectivity index (χ0v) is 16.3. The average Bonchev–Trinajstić information content (AvgIpc) is 3.03. The Morgan fingerprint density at radius 1 is 1.16 bits per heavy atom. The lowest BCUT2D eigenvalue weighted by Gasteiger charge is -2.14. The lowest BCUT2D eigenvalue weighted by Crippen LogP contribution is -2.41. The second-order valence-corrected chi connectivity index (χ2v) is 7.62. The Morgan fingerprint density at radius 2 is 1.88 bits per heavy atom. The van der Waals surface area contributed by atoms with Crippen molar-refractivity contribution in [3.8, 4) is 5.75 Å². The first-order chi connectivity index (χ1) is 12.0. The number of methoxy groups -OCH3 is 1. The molecule has 0 saturated carbocycles. The van der Waals surface area contributed by atoms with Crippen LogP contribution in [0.4, 0.5) is 5.69 Å². The molecule has 2 amide bonds. The van der Waals surface area contributed by atoms with Gasteiger partial charge >= 0.3 is 0 Å². The summed E-state index contributed by atoms with van der Waals surface area (Å²) >= 11 is 4.62. The molecular weight excluding hydrogens is 408 g/mol. The summed E-state index contributed by atoms with van der Waals surface area (Å²) in [5, 5.41) is 5.43. The van der Waals surface area contributed by atoms with Gasteiger partial charge in [0.2, 0.25) is 5.91 Å². The van der Waals surface area contributed by atoms with Crippen LogP contribution in [0, 0.1) is 0 Å². The summed E-state index contributed by atoms with van der Waals surface area (Å²) < 4.78 is 11.2. The highest BCUT2D eigenvalue weighted by Gasteiger charge is 2.17. The summed E-state index contributed by atoms with van der Waals surface area (Å²) in [5.74, 6) is 0.122. The summed E-state index contributed by atoms with van der Waals surface area (Å²) in [7, 11) is 1.61. The van der Waals surface area contributed by atoms with E-state index in [4.69, 9.17) is 9.47 Å². The Bertz CT molecular complexity index is 718. The fourth-order valence-electron chi connectivity index (χ4n) is 1.90. The molecule has 2 rings (SSSR count). The van der Waals surface area contributed by atoms with Crippen LogP contribution in [-0.2, 0) is 9.53 Å². The van der Waals surface area contributed by atoms with Crippen LogP contribution in [0.1, 0.15) is 16.6 Å². The number of carbonyl (C=O) groups is 2. The maximum Gasteiger partial charge on any atom is 0.262 e. The molecule has 0 aliphatic heterocycles. The lowest BCUT2D eigenvalue weighted by molar-refractivity contribution is -0.117. The van der Waals surface area contributed by atoms with Gasteiger partial charge in [0.15, 0.2) is 0 Å². The molecule has 0 aliphatic rings. The van der Waals surface area contributed by atoms with Crippen molar-refractivity contribution in [3.63, 3.8) is 0 Å². The van der Waals surface area contributed by atoms with Gasteiger partial charge in [0.1, 0.15) is 18.4 Å². The summed E-state index contributed by atoms with van der Waals surface area (Å²) in [6.45, 7) is 2.61. The van der Waals surface area contributed by atoms with Crippen LogP contribution in [-0.4, -0.2) is 38.2 Å². The van der Waals surface area contributed by atoms with Gasteiger partial charge < -0.3 is 20.1 Å². The topological polar surface area (TPSA) is 76.7 Å². The summed E-state index contributed by atoms with van der Waals surface area (Å²) in [6.07, 6.45) is 0. The normalized spacial score (nSPS) is 11.6. The van der Waals surface area contributed by atoms with Crippen molar-refractivity contribution in [1.82, 2.24) is 5.32 Å². The van der Waals surface area contributed by atoms with Gasteiger partial charge in [-0.15, -0.1) is 11.3 Å². The minimum atomic E-state index is -0.661. The molecule has 8 heteroatoms. The van der Waals surface area contributed by atoms with Crippen LogP contribution < -0.4 is 15.4 Å². The van der Waals surface area contributed by atoms with Crippen molar-refractivity contribution in [2.24, 2.45) is 0 Å². The molecule has 0 radical (unpaired) electrons. The number of carbonyl (C=O) groups excluding carboxylic acids is 2. The molecule has 0 fully saturated rings. The zero-order chi connectivity index (χ0) is 18.2. The molecule has 6 nitrogen and oxygen atoms in total. The smallest absolute Gasteiger partial charge is 0.262 e. The molecule has 1 aromatic heterocycles. The minimum Gasteiger partial charge on any atom is -0.491 e. The predicted octanol–water partition coefficient (Wildman–Crippen LogP) is 3.29. The van der Waals surface area contributed by atoms with Crippen LogP contribution in [0.25, 0.3) is 0 Å². The lowest BCUT2D eigenvalue weighted by atomic mass is 10.2. The molecule has 1 heterocycles. The van der Waals surface area contributed by atoms with Crippen molar-refractivity contribution in [1.29, 1.82) is 0 Å². The van der Waals surface area contributed by atoms with Crippen LogP contribution in [0.2, 0.25) is 0 Å². The Hall–Kier alpha value is -1.90. The van der Waals surface area contributed by atoms with E-state index in [-0.39, 0.29) is 11.8 Å². The largest absolute Gasteiger partial charge is 0.491 e. The fourth-order valence-corrected chi connectivity index (χ4v) is 3.19. The van der Waals surface area contributed by atoms with Gasteiger partial charge in [-0.1, -0.05) is 0 Å². The second-order valence-electron chi connectivity index (χ2n) is 5.15. The number of halogens is 1. The van der Waals surface area contributed by atoms with E-state index in [2.05, 4.69) is 26.6 Å². The molecule has 2 N–H and O–H groups in total. The zero-order valence-electron chi connectivity index (χ0n) is 13.9. The number of hydrogen-bond acceptors (Lipinski definition) is 5. The molecule has 2 aromatic rings. The van der Waals surface area contributed by atoms with Crippen molar-refractivity contribution in [2.45, 2.75) is 13.0 Å². The Morgan fingerprint density at radius 3 is 2.48 bits per heavy atom. The van der Waals surface area contributed by atoms with E-state index < -0.39 is 6.04 Å². The molecule has 1 aromatic carbocycles. The van der Waals surface area contributed by atoms with E-state index in [1.54, 1.807) is 50.4 Å². The number of thiophene rings is 1. The highest BCUT2D eigenvalue weighted by atomic mass is 79.9. The quantitative estimate of drug-likeness (QED) is 0.634. The molecule has 1 atom stereocenters. The first kappa shape index (κ1) is 19.4.